The van der Waals surface area contributed by atoms with E-state index < -0.39 is 0 Å². The number of pyridine rings is 1. The predicted octanol–water partition coefficient (Wildman–Crippen LogP) is 5.98. The molecular weight excluding hydrogens is 282 g/mol. The van der Waals surface area contributed by atoms with Crippen LogP contribution >= 0.6 is 0 Å². The van der Waals surface area contributed by atoms with Gasteiger partial charge in [-0.3, -0.25) is 4.98 Å². The second kappa shape index (κ2) is 7.45. The standard InChI is InChI=1S/C21H25NO/c1-3-4-14-23-16(2)20-19-13-9-8-12-18(19)15-22-21(20)17-10-6-5-7-11-17/h8-10,12-13,15H,2-7,11,14H2,1H3. The van der Waals surface area contributed by atoms with Gasteiger partial charge in [0.25, 0.3) is 0 Å². The van der Waals surface area contributed by atoms with Crippen LogP contribution in [-0.2, 0) is 4.74 Å². The van der Waals surface area contributed by atoms with Crippen molar-refractivity contribution in [3.05, 3.63) is 54.4 Å². The van der Waals surface area contributed by atoms with E-state index in [0.717, 1.165) is 54.7 Å². The highest BCUT2D eigenvalue weighted by Gasteiger charge is 2.17. The van der Waals surface area contributed by atoms with Crippen LogP contribution in [0.3, 0.4) is 0 Å². The SMILES string of the molecule is C=C(OCCCC)c1c(C2=CCCCC2)ncc2ccccc12. The minimum atomic E-state index is 0.719. The summed E-state index contributed by atoms with van der Waals surface area (Å²) >= 11 is 0. The van der Waals surface area contributed by atoms with Crippen LogP contribution in [0, 0.1) is 0 Å². The number of fused-ring (bicyclic) bond motifs is 1. The molecule has 0 atom stereocenters. The maximum Gasteiger partial charge on any atom is 0.122 e. The third kappa shape index (κ3) is 3.47. The monoisotopic (exact) mass is 307 g/mol. The summed E-state index contributed by atoms with van der Waals surface area (Å²) in [5.74, 6) is 0.754. The molecule has 0 spiro atoms. The summed E-state index contributed by atoms with van der Waals surface area (Å²) in [6.45, 7) is 7.10. The van der Waals surface area contributed by atoms with Gasteiger partial charge < -0.3 is 4.74 Å². The molecule has 0 unspecified atom stereocenters. The minimum Gasteiger partial charge on any atom is -0.493 e. The molecule has 23 heavy (non-hydrogen) atoms. The van der Waals surface area contributed by atoms with Crippen molar-refractivity contribution in [1.82, 2.24) is 4.98 Å². The van der Waals surface area contributed by atoms with Crippen molar-refractivity contribution < 1.29 is 4.74 Å². The van der Waals surface area contributed by atoms with Crippen LogP contribution in [0.1, 0.15) is 56.7 Å². The van der Waals surface area contributed by atoms with Crippen LogP contribution in [0.4, 0.5) is 0 Å². The van der Waals surface area contributed by atoms with Crippen LogP contribution in [-0.4, -0.2) is 11.6 Å². The quantitative estimate of drug-likeness (QED) is 0.484. The summed E-state index contributed by atoms with van der Waals surface area (Å²) in [6, 6.07) is 8.37. The smallest absolute Gasteiger partial charge is 0.122 e. The molecule has 2 aromatic rings. The first kappa shape index (κ1) is 15.8. The summed E-state index contributed by atoms with van der Waals surface area (Å²) in [7, 11) is 0. The van der Waals surface area contributed by atoms with Crippen LogP contribution in [0.5, 0.6) is 0 Å². The lowest BCUT2D eigenvalue weighted by molar-refractivity contribution is 0.271. The molecule has 0 bridgehead atoms. The zero-order valence-corrected chi connectivity index (χ0v) is 14.0. The van der Waals surface area contributed by atoms with Gasteiger partial charge in [0.1, 0.15) is 5.76 Å². The van der Waals surface area contributed by atoms with Crippen LogP contribution in [0.25, 0.3) is 22.1 Å². The van der Waals surface area contributed by atoms with Crippen molar-refractivity contribution in [3.8, 4) is 0 Å². The van der Waals surface area contributed by atoms with Gasteiger partial charge in [0.05, 0.1) is 12.3 Å². The van der Waals surface area contributed by atoms with E-state index in [9.17, 15) is 0 Å². The van der Waals surface area contributed by atoms with E-state index in [0.29, 0.717) is 0 Å². The van der Waals surface area contributed by atoms with Gasteiger partial charge in [-0.2, -0.15) is 0 Å². The fourth-order valence-corrected chi connectivity index (χ4v) is 3.15. The number of unbranched alkanes of at least 4 members (excludes halogenated alkanes) is 1. The molecule has 0 amide bonds. The normalized spacial score (nSPS) is 14.6. The average molecular weight is 307 g/mol. The van der Waals surface area contributed by atoms with Gasteiger partial charge in [-0.1, -0.05) is 50.3 Å². The van der Waals surface area contributed by atoms with E-state index in [1.165, 1.54) is 23.8 Å². The lowest BCUT2D eigenvalue weighted by Crippen LogP contribution is -2.03. The van der Waals surface area contributed by atoms with Gasteiger partial charge in [-0.15, -0.1) is 0 Å². The summed E-state index contributed by atoms with van der Waals surface area (Å²) in [5.41, 5.74) is 3.48. The lowest BCUT2D eigenvalue weighted by Gasteiger charge is -2.19. The first-order valence-corrected chi connectivity index (χ1v) is 8.70. The molecule has 3 rings (SSSR count). The summed E-state index contributed by atoms with van der Waals surface area (Å²) in [6.07, 6.45) is 11.2. The zero-order chi connectivity index (χ0) is 16.1. The molecule has 1 aromatic carbocycles. The number of allylic oxidation sites excluding steroid dienone is 2. The molecule has 2 nitrogen and oxygen atoms in total. The van der Waals surface area contributed by atoms with Gasteiger partial charge in [0.15, 0.2) is 0 Å². The lowest BCUT2D eigenvalue weighted by atomic mass is 9.92. The van der Waals surface area contributed by atoms with Crippen molar-refractivity contribution in [1.29, 1.82) is 0 Å². The Kier molecular flexibility index (Phi) is 5.12. The Morgan fingerprint density at radius 2 is 2.13 bits per heavy atom. The van der Waals surface area contributed by atoms with Gasteiger partial charge in [0.2, 0.25) is 0 Å². The average Bonchev–Trinajstić information content (AvgIpc) is 2.61. The van der Waals surface area contributed by atoms with E-state index in [2.05, 4.69) is 37.8 Å². The van der Waals surface area contributed by atoms with Crippen molar-refractivity contribution in [2.75, 3.05) is 6.61 Å². The van der Waals surface area contributed by atoms with Crippen LogP contribution < -0.4 is 0 Å². The third-order valence-corrected chi connectivity index (χ3v) is 4.45. The van der Waals surface area contributed by atoms with Gasteiger partial charge in [-0.05, 0) is 43.1 Å². The Bertz CT molecular complexity index is 730. The van der Waals surface area contributed by atoms with E-state index >= 15 is 0 Å². The van der Waals surface area contributed by atoms with E-state index in [4.69, 9.17) is 9.72 Å². The Morgan fingerprint density at radius 3 is 2.91 bits per heavy atom. The Hall–Kier alpha value is -2.09. The largest absolute Gasteiger partial charge is 0.493 e. The summed E-state index contributed by atoms with van der Waals surface area (Å²) in [5, 5.41) is 2.33. The molecule has 120 valence electrons. The number of benzene rings is 1. The zero-order valence-electron chi connectivity index (χ0n) is 14.0. The second-order valence-corrected chi connectivity index (χ2v) is 6.17. The molecule has 0 N–H and O–H groups in total. The van der Waals surface area contributed by atoms with Crippen molar-refractivity contribution in [3.63, 3.8) is 0 Å². The van der Waals surface area contributed by atoms with Crippen LogP contribution in [0.15, 0.2) is 43.1 Å². The maximum atomic E-state index is 5.95. The number of hydrogen-bond acceptors (Lipinski definition) is 2. The second-order valence-electron chi connectivity index (χ2n) is 6.17. The fraction of sp³-hybridized carbons (Fsp3) is 0.381. The molecule has 0 fully saturated rings. The van der Waals surface area contributed by atoms with Crippen molar-refractivity contribution >= 4 is 22.1 Å². The topological polar surface area (TPSA) is 22.1 Å². The molecule has 1 aliphatic rings. The first-order valence-electron chi connectivity index (χ1n) is 8.70. The highest BCUT2D eigenvalue weighted by Crippen LogP contribution is 2.34. The predicted molar refractivity (Wildman–Crippen MR) is 98.1 cm³/mol. The summed E-state index contributed by atoms with van der Waals surface area (Å²) < 4.78 is 5.95. The molecule has 1 aromatic heterocycles. The summed E-state index contributed by atoms with van der Waals surface area (Å²) in [4.78, 5) is 4.77. The Labute approximate surface area is 138 Å². The van der Waals surface area contributed by atoms with Gasteiger partial charge in [0, 0.05) is 17.1 Å². The molecule has 2 heteroatoms. The molecule has 1 heterocycles. The van der Waals surface area contributed by atoms with Crippen molar-refractivity contribution in [2.45, 2.75) is 45.4 Å². The number of hydrogen-bond donors (Lipinski definition) is 0. The number of nitrogens with zero attached hydrogens (tertiary/aromatic N) is 1. The van der Waals surface area contributed by atoms with E-state index in [1.807, 2.05) is 12.3 Å². The van der Waals surface area contributed by atoms with Crippen molar-refractivity contribution in [2.24, 2.45) is 0 Å². The van der Waals surface area contributed by atoms with Gasteiger partial charge in [-0.25, -0.2) is 0 Å². The van der Waals surface area contributed by atoms with Crippen LogP contribution in [0.2, 0.25) is 0 Å². The fourth-order valence-electron chi connectivity index (χ4n) is 3.15. The number of ether oxygens (including phenoxy) is 1. The number of rotatable bonds is 6. The molecule has 0 saturated heterocycles. The maximum absolute atomic E-state index is 5.95. The van der Waals surface area contributed by atoms with Gasteiger partial charge >= 0.3 is 0 Å². The molecule has 1 aliphatic carbocycles. The molecule has 0 saturated carbocycles. The molecule has 0 radical (unpaired) electrons. The number of aromatic nitrogens is 1. The molecular formula is C21H25NO. The molecule has 0 aliphatic heterocycles. The Morgan fingerprint density at radius 1 is 1.26 bits per heavy atom. The minimum absolute atomic E-state index is 0.719. The van der Waals surface area contributed by atoms with E-state index in [-0.39, 0.29) is 0 Å². The Balaban J connectivity index is 2.06. The third-order valence-electron chi connectivity index (χ3n) is 4.45. The highest BCUT2D eigenvalue weighted by atomic mass is 16.5. The van der Waals surface area contributed by atoms with E-state index in [1.54, 1.807) is 0 Å². The highest BCUT2D eigenvalue weighted by molar-refractivity contribution is 5.95. The first-order chi connectivity index (χ1) is 11.3.